The molecule has 0 N–H and O–H groups in total. The summed E-state index contributed by atoms with van der Waals surface area (Å²) in [6.45, 7) is 5.54. The van der Waals surface area contributed by atoms with Gasteiger partial charge in [-0.1, -0.05) is 30.3 Å². The maximum absolute atomic E-state index is 12.7. The van der Waals surface area contributed by atoms with Crippen LogP contribution in [0.25, 0.3) is 5.70 Å². The fraction of sp³-hybridized carbons (Fsp3) is 0.286. The predicted octanol–water partition coefficient (Wildman–Crippen LogP) is 4.31. The number of carbonyl (C=O) groups is 1. The highest BCUT2D eigenvalue weighted by atomic mass is 16.6. The Morgan fingerprint density at radius 2 is 1.65 bits per heavy atom. The second-order valence-corrected chi connectivity index (χ2v) is 6.73. The monoisotopic (exact) mass is 353 g/mol. The van der Waals surface area contributed by atoms with Gasteiger partial charge in [0.15, 0.2) is 5.94 Å². The van der Waals surface area contributed by atoms with Crippen LogP contribution in [0, 0.1) is 0 Å². The molecule has 0 heterocycles. The molecule has 1 amide bonds. The van der Waals surface area contributed by atoms with E-state index >= 15 is 0 Å². The van der Waals surface area contributed by atoms with E-state index in [4.69, 9.17) is 9.47 Å². The molecule has 0 aromatic heterocycles. The Morgan fingerprint density at radius 1 is 1.04 bits per heavy atom. The van der Waals surface area contributed by atoms with Crippen molar-refractivity contribution >= 4 is 17.7 Å². The Kier molecular flexibility index (Phi) is 6.21. The topological polar surface area (TPSA) is 55.8 Å². The summed E-state index contributed by atoms with van der Waals surface area (Å²) in [7, 11) is 1.56. The minimum atomic E-state index is -0.681. The number of carbonyl (C=O) groups excluding carboxylic acids is 2. The molecule has 2 aromatic carbocycles. The third-order valence-electron chi connectivity index (χ3n) is 3.53. The first-order valence-corrected chi connectivity index (χ1v) is 8.28. The van der Waals surface area contributed by atoms with Gasteiger partial charge >= 0.3 is 6.09 Å². The van der Waals surface area contributed by atoms with Crippen LogP contribution in [0.3, 0.4) is 0 Å². The zero-order chi connectivity index (χ0) is 19.2. The van der Waals surface area contributed by atoms with Gasteiger partial charge < -0.3 is 9.47 Å². The minimum absolute atomic E-state index is 0.116. The van der Waals surface area contributed by atoms with E-state index in [-0.39, 0.29) is 12.2 Å². The molecule has 5 nitrogen and oxygen atoms in total. The number of benzene rings is 2. The number of hydrogen-bond donors (Lipinski definition) is 0. The second-order valence-electron chi connectivity index (χ2n) is 6.73. The number of rotatable bonds is 5. The zero-order valence-electron chi connectivity index (χ0n) is 15.5. The summed E-state index contributed by atoms with van der Waals surface area (Å²) in [5.41, 5.74) is 0.868. The lowest BCUT2D eigenvalue weighted by Crippen LogP contribution is -2.35. The minimum Gasteiger partial charge on any atom is -0.497 e. The molecule has 0 radical (unpaired) electrons. The number of ether oxygens (including phenoxy) is 2. The molecule has 0 fully saturated rings. The summed E-state index contributed by atoms with van der Waals surface area (Å²) in [5, 5.41) is 0. The fourth-order valence-corrected chi connectivity index (χ4v) is 2.34. The largest absolute Gasteiger partial charge is 0.497 e. The molecule has 0 aliphatic carbocycles. The number of hydrogen-bond acceptors (Lipinski definition) is 4. The van der Waals surface area contributed by atoms with Gasteiger partial charge in [-0.2, -0.15) is 0 Å². The molecule has 2 rings (SSSR count). The Hall–Kier alpha value is -3.04. The molecule has 0 atom stereocenters. The van der Waals surface area contributed by atoms with Crippen molar-refractivity contribution in [3.05, 3.63) is 65.7 Å². The predicted molar refractivity (Wildman–Crippen MR) is 100 cm³/mol. The van der Waals surface area contributed by atoms with Crippen molar-refractivity contribution in [3.63, 3.8) is 0 Å². The van der Waals surface area contributed by atoms with Crippen molar-refractivity contribution in [3.8, 4) is 5.75 Å². The van der Waals surface area contributed by atoms with Gasteiger partial charge in [-0.25, -0.2) is 9.59 Å². The van der Waals surface area contributed by atoms with E-state index < -0.39 is 11.7 Å². The smallest absolute Gasteiger partial charge is 0.415 e. The van der Waals surface area contributed by atoms with Gasteiger partial charge in [0.05, 0.1) is 13.7 Å². The SMILES string of the molecule is COc1ccc(C(=C=O)N(Cc2ccccc2)C(=O)OC(C)(C)C)cc1. The molecule has 0 spiro atoms. The van der Waals surface area contributed by atoms with E-state index in [1.54, 1.807) is 52.1 Å². The molecular formula is C21H23NO4. The lowest BCUT2D eigenvalue weighted by atomic mass is 10.1. The first-order valence-electron chi connectivity index (χ1n) is 8.28. The van der Waals surface area contributed by atoms with E-state index in [1.165, 1.54) is 4.90 Å². The lowest BCUT2D eigenvalue weighted by Gasteiger charge is -2.27. The summed E-state index contributed by atoms with van der Waals surface area (Å²) in [4.78, 5) is 25.8. The summed E-state index contributed by atoms with van der Waals surface area (Å²) >= 11 is 0. The van der Waals surface area contributed by atoms with Crippen molar-refractivity contribution in [2.24, 2.45) is 0 Å². The Balaban J connectivity index is 2.39. The first kappa shape index (κ1) is 19.3. The normalized spacial score (nSPS) is 10.6. The molecule has 0 aliphatic heterocycles. The van der Waals surface area contributed by atoms with Crippen LogP contribution in [0.4, 0.5) is 4.79 Å². The Morgan fingerprint density at radius 3 is 2.15 bits per heavy atom. The molecule has 0 saturated heterocycles. The first-order chi connectivity index (χ1) is 12.3. The van der Waals surface area contributed by atoms with Crippen LogP contribution in [-0.2, 0) is 16.1 Å². The van der Waals surface area contributed by atoms with Gasteiger partial charge in [-0.15, -0.1) is 0 Å². The number of nitrogens with zero attached hydrogens (tertiary/aromatic N) is 1. The third kappa shape index (κ3) is 5.23. The summed E-state index contributed by atoms with van der Waals surface area (Å²) in [6.07, 6.45) is -0.601. The molecule has 0 saturated carbocycles. The van der Waals surface area contributed by atoms with Gasteiger partial charge in [0.2, 0.25) is 0 Å². The van der Waals surface area contributed by atoms with Crippen LogP contribution in [0.1, 0.15) is 31.9 Å². The van der Waals surface area contributed by atoms with Crippen molar-refractivity contribution in [2.75, 3.05) is 7.11 Å². The molecule has 136 valence electrons. The van der Waals surface area contributed by atoms with Gasteiger partial charge in [-0.05, 0) is 50.6 Å². The van der Waals surface area contributed by atoms with Crippen molar-refractivity contribution in [1.29, 1.82) is 0 Å². The molecule has 0 unspecified atom stereocenters. The van der Waals surface area contributed by atoms with Crippen LogP contribution >= 0.6 is 0 Å². The Labute approximate surface area is 153 Å². The van der Waals surface area contributed by atoms with Crippen LogP contribution in [-0.4, -0.2) is 29.6 Å². The highest BCUT2D eigenvalue weighted by Crippen LogP contribution is 2.24. The molecule has 2 aromatic rings. The molecule has 0 bridgehead atoms. The fourth-order valence-electron chi connectivity index (χ4n) is 2.34. The number of amides is 1. The van der Waals surface area contributed by atoms with Crippen LogP contribution in [0.2, 0.25) is 0 Å². The van der Waals surface area contributed by atoms with Crippen LogP contribution in [0.15, 0.2) is 54.6 Å². The second kappa shape index (κ2) is 8.37. The van der Waals surface area contributed by atoms with Gasteiger partial charge in [-0.3, -0.25) is 4.90 Å². The summed E-state index contributed by atoms with van der Waals surface area (Å²) in [5.74, 6) is 2.55. The number of methoxy groups -OCH3 is 1. The van der Waals surface area contributed by atoms with Crippen LogP contribution in [0.5, 0.6) is 5.75 Å². The van der Waals surface area contributed by atoms with Crippen LogP contribution < -0.4 is 4.74 Å². The maximum atomic E-state index is 12.7. The van der Waals surface area contributed by atoms with E-state index in [9.17, 15) is 9.59 Å². The molecule has 5 heteroatoms. The van der Waals surface area contributed by atoms with E-state index in [1.807, 2.05) is 36.3 Å². The highest BCUT2D eigenvalue weighted by molar-refractivity contribution is 5.94. The summed E-state index contributed by atoms with van der Waals surface area (Å²) in [6, 6.07) is 16.3. The highest BCUT2D eigenvalue weighted by Gasteiger charge is 2.26. The standard InChI is InChI=1S/C21H23NO4/c1-21(2,3)26-20(24)22(14-16-8-6-5-7-9-16)19(15-23)17-10-12-18(25-4)13-11-17/h5-13H,14H2,1-4H3. The van der Waals surface area contributed by atoms with Gasteiger partial charge in [0, 0.05) is 5.56 Å². The molecule has 0 aliphatic rings. The van der Waals surface area contributed by atoms with Crippen molar-refractivity contribution in [1.82, 2.24) is 4.90 Å². The van der Waals surface area contributed by atoms with Gasteiger partial charge in [0.25, 0.3) is 0 Å². The third-order valence-corrected chi connectivity index (χ3v) is 3.53. The van der Waals surface area contributed by atoms with E-state index in [2.05, 4.69) is 0 Å². The molecular weight excluding hydrogens is 330 g/mol. The summed E-state index contributed by atoms with van der Waals surface area (Å²) < 4.78 is 10.6. The van der Waals surface area contributed by atoms with Crippen molar-refractivity contribution < 1.29 is 19.1 Å². The van der Waals surface area contributed by atoms with E-state index in [0.717, 1.165) is 5.56 Å². The van der Waals surface area contributed by atoms with Gasteiger partial charge in [0.1, 0.15) is 17.0 Å². The Bertz CT molecular complexity index is 785. The quantitative estimate of drug-likeness (QED) is 0.752. The maximum Gasteiger partial charge on any atom is 0.415 e. The lowest BCUT2D eigenvalue weighted by molar-refractivity contribution is 0.0343. The van der Waals surface area contributed by atoms with E-state index in [0.29, 0.717) is 11.3 Å². The van der Waals surface area contributed by atoms with Crippen molar-refractivity contribution in [2.45, 2.75) is 32.9 Å². The molecule has 26 heavy (non-hydrogen) atoms. The average Bonchev–Trinajstić information content (AvgIpc) is 2.61. The zero-order valence-corrected chi connectivity index (χ0v) is 15.5. The average molecular weight is 353 g/mol.